The molecule has 0 saturated heterocycles. The summed E-state index contributed by atoms with van der Waals surface area (Å²) in [5, 5.41) is 10.2. The summed E-state index contributed by atoms with van der Waals surface area (Å²) in [5.74, 6) is 0.780. The lowest BCUT2D eigenvalue weighted by Crippen LogP contribution is -2.14. The van der Waals surface area contributed by atoms with Crippen LogP contribution in [0.3, 0.4) is 0 Å². The highest BCUT2D eigenvalue weighted by Crippen LogP contribution is 2.23. The quantitative estimate of drug-likeness (QED) is 0.931. The van der Waals surface area contributed by atoms with Gasteiger partial charge in [-0.2, -0.15) is 5.10 Å². The molecule has 6 heteroatoms. The van der Waals surface area contributed by atoms with E-state index in [1.54, 1.807) is 30.5 Å². The van der Waals surface area contributed by atoms with E-state index in [-0.39, 0.29) is 12.0 Å². The van der Waals surface area contributed by atoms with Crippen LogP contribution in [-0.2, 0) is 0 Å². The molecule has 0 unspecified atom stereocenters. The number of carbonyl (C=O) groups is 1. The van der Waals surface area contributed by atoms with Gasteiger partial charge in [0.05, 0.1) is 6.10 Å². The maximum Gasteiger partial charge on any atom is 0.257 e. The fourth-order valence-corrected chi connectivity index (χ4v) is 2.06. The van der Waals surface area contributed by atoms with Gasteiger partial charge in [-0.05, 0) is 44.2 Å². The topological polar surface area (TPSA) is 64.1 Å². The van der Waals surface area contributed by atoms with Crippen molar-refractivity contribution in [2.24, 2.45) is 0 Å². The smallest absolute Gasteiger partial charge is 0.257 e. The Balaban J connectivity index is 2.19. The molecule has 0 fully saturated rings. The minimum Gasteiger partial charge on any atom is -0.491 e. The molecule has 20 heavy (non-hydrogen) atoms. The monoisotopic (exact) mass is 335 g/mol. The van der Waals surface area contributed by atoms with Crippen LogP contribution in [0.2, 0.25) is 0 Å². The van der Waals surface area contributed by atoms with Gasteiger partial charge in [-0.1, -0.05) is 15.9 Å². The van der Waals surface area contributed by atoms with Gasteiger partial charge in [0.15, 0.2) is 5.82 Å². The molecular weight excluding hydrogens is 322 g/mol. The van der Waals surface area contributed by atoms with Crippen molar-refractivity contribution in [3.8, 4) is 5.75 Å². The van der Waals surface area contributed by atoms with Crippen LogP contribution in [0.1, 0.15) is 24.2 Å². The number of nitrogens with one attached hydrogen (secondary N) is 1. The Kier molecular flexibility index (Phi) is 4.68. The summed E-state index contributed by atoms with van der Waals surface area (Å²) in [6.45, 7) is 3.86. The Labute approximate surface area is 125 Å². The number of rotatable bonds is 4. The van der Waals surface area contributed by atoms with Crippen LogP contribution in [0.5, 0.6) is 5.75 Å². The van der Waals surface area contributed by atoms with Crippen molar-refractivity contribution in [2.45, 2.75) is 20.0 Å². The van der Waals surface area contributed by atoms with Crippen molar-refractivity contribution >= 4 is 27.7 Å². The highest BCUT2D eigenvalue weighted by molar-refractivity contribution is 9.10. The van der Waals surface area contributed by atoms with E-state index in [4.69, 9.17) is 4.74 Å². The van der Waals surface area contributed by atoms with Gasteiger partial charge in [-0.3, -0.25) is 4.79 Å². The average Bonchev–Trinajstić information content (AvgIpc) is 2.38. The van der Waals surface area contributed by atoms with E-state index in [0.29, 0.717) is 17.1 Å². The summed E-state index contributed by atoms with van der Waals surface area (Å²) in [7, 11) is 0. The summed E-state index contributed by atoms with van der Waals surface area (Å²) < 4.78 is 6.38. The van der Waals surface area contributed by atoms with Crippen molar-refractivity contribution in [3.05, 3.63) is 46.6 Å². The van der Waals surface area contributed by atoms with Crippen LogP contribution in [0, 0.1) is 0 Å². The van der Waals surface area contributed by atoms with E-state index < -0.39 is 0 Å². The van der Waals surface area contributed by atoms with Crippen molar-refractivity contribution in [2.75, 3.05) is 5.32 Å². The fraction of sp³-hybridized carbons (Fsp3) is 0.214. The predicted molar refractivity (Wildman–Crippen MR) is 79.9 cm³/mol. The van der Waals surface area contributed by atoms with Gasteiger partial charge < -0.3 is 10.1 Å². The van der Waals surface area contributed by atoms with Crippen LogP contribution in [0.25, 0.3) is 0 Å². The molecule has 1 aromatic carbocycles. The standard InChI is InChI=1S/C14H14BrN3O2/c1-9(2)20-12-7-10(6-11(15)8-12)14(19)17-13-4-3-5-16-18-13/h3-9H,1-2H3,(H,17,18,19). The molecule has 1 N–H and O–H groups in total. The Morgan fingerprint density at radius 3 is 2.80 bits per heavy atom. The molecule has 1 heterocycles. The first kappa shape index (κ1) is 14.5. The minimum absolute atomic E-state index is 0.0419. The van der Waals surface area contributed by atoms with Crippen LogP contribution < -0.4 is 10.1 Å². The first-order valence-corrected chi connectivity index (χ1v) is 6.90. The molecule has 0 saturated carbocycles. The van der Waals surface area contributed by atoms with Gasteiger partial charge in [0.2, 0.25) is 0 Å². The predicted octanol–water partition coefficient (Wildman–Crippen LogP) is 3.28. The van der Waals surface area contributed by atoms with Gasteiger partial charge in [0.1, 0.15) is 5.75 Å². The van der Waals surface area contributed by atoms with Gasteiger partial charge in [0, 0.05) is 16.2 Å². The van der Waals surface area contributed by atoms with Crippen molar-refractivity contribution in [1.29, 1.82) is 0 Å². The Morgan fingerprint density at radius 1 is 1.35 bits per heavy atom. The molecule has 0 aliphatic heterocycles. The third-order valence-corrected chi connectivity index (χ3v) is 2.78. The minimum atomic E-state index is -0.264. The Morgan fingerprint density at radius 2 is 2.15 bits per heavy atom. The van der Waals surface area contributed by atoms with Gasteiger partial charge in [-0.15, -0.1) is 5.10 Å². The third-order valence-electron chi connectivity index (χ3n) is 2.32. The largest absolute Gasteiger partial charge is 0.491 e. The van der Waals surface area contributed by atoms with Crippen LogP contribution in [0.15, 0.2) is 41.0 Å². The lowest BCUT2D eigenvalue weighted by molar-refractivity contribution is 0.102. The number of amides is 1. The summed E-state index contributed by atoms with van der Waals surface area (Å²) in [6.07, 6.45) is 1.59. The maximum absolute atomic E-state index is 12.1. The number of aromatic nitrogens is 2. The second kappa shape index (κ2) is 6.47. The van der Waals surface area contributed by atoms with E-state index in [9.17, 15) is 4.79 Å². The highest BCUT2D eigenvalue weighted by Gasteiger charge is 2.10. The number of carbonyl (C=O) groups excluding carboxylic acids is 1. The number of halogens is 1. The third kappa shape index (κ3) is 4.03. The molecular formula is C14H14BrN3O2. The number of nitrogens with zero attached hydrogens (tertiary/aromatic N) is 2. The Hall–Kier alpha value is -1.95. The second-order valence-corrected chi connectivity index (χ2v) is 5.32. The molecule has 0 radical (unpaired) electrons. The number of hydrogen-bond donors (Lipinski definition) is 1. The van der Waals surface area contributed by atoms with E-state index in [2.05, 4.69) is 31.4 Å². The van der Waals surface area contributed by atoms with Crippen LogP contribution in [0.4, 0.5) is 5.82 Å². The second-order valence-electron chi connectivity index (χ2n) is 4.41. The number of anilines is 1. The zero-order valence-corrected chi connectivity index (χ0v) is 12.7. The SMILES string of the molecule is CC(C)Oc1cc(Br)cc(C(=O)Nc2cccnn2)c1. The lowest BCUT2D eigenvalue weighted by atomic mass is 10.2. The van der Waals surface area contributed by atoms with E-state index >= 15 is 0 Å². The molecule has 0 aliphatic carbocycles. The number of benzene rings is 1. The molecule has 0 spiro atoms. The molecule has 104 valence electrons. The molecule has 0 bridgehead atoms. The first-order chi connectivity index (χ1) is 9.54. The van der Waals surface area contributed by atoms with Crippen LogP contribution >= 0.6 is 15.9 Å². The normalized spacial score (nSPS) is 10.4. The van der Waals surface area contributed by atoms with Gasteiger partial charge in [-0.25, -0.2) is 0 Å². The fourth-order valence-electron chi connectivity index (χ4n) is 1.59. The van der Waals surface area contributed by atoms with Crippen molar-refractivity contribution < 1.29 is 9.53 Å². The molecule has 5 nitrogen and oxygen atoms in total. The summed E-state index contributed by atoms with van der Waals surface area (Å²) >= 11 is 3.37. The van der Waals surface area contributed by atoms with E-state index in [1.165, 1.54) is 0 Å². The molecule has 2 rings (SSSR count). The summed E-state index contributed by atoms with van der Waals surface area (Å²) in [4.78, 5) is 12.1. The lowest BCUT2D eigenvalue weighted by Gasteiger charge is -2.11. The van der Waals surface area contributed by atoms with Gasteiger partial charge in [0.25, 0.3) is 5.91 Å². The highest BCUT2D eigenvalue weighted by atomic mass is 79.9. The molecule has 0 atom stereocenters. The van der Waals surface area contributed by atoms with Crippen molar-refractivity contribution in [1.82, 2.24) is 10.2 Å². The number of hydrogen-bond acceptors (Lipinski definition) is 4. The molecule has 1 amide bonds. The Bertz CT molecular complexity index is 603. The molecule has 1 aromatic heterocycles. The van der Waals surface area contributed by atoms with Gasteiger partial charge >= 0.3 is 0 Å². The molecule has 2 aromatic rings. The maximum atomic E-state index is 12.1. The number of ether oxygens (including phenoxy) is 1. The van der Waals surface area contributed by atoms with Crippen LogP contribution in [-0.4, -0.2) is 22.2 Å². The zero-order chi connectivity index (χ0) is 14.5. The average molecular weight is 336 g/mol. The summed E-state index contributed by atoms with van der Waals surface area (Å²) in [5.41, 5.74) is 0.487. The van der Waals surface area contributed by atoms with E-state index in [0.717, 1.165) is 4.47 Å². The molecule has 0 aliphatic rings. The van der Waals surface area contributed by atoms with E-state index in [1.807, 2.05) is 19.9 Å². The first-order valence-electron chi connectivity index (χ1n) is 6.11. The zero-order valence-electron chi connectivity index (χ0n) is 11.1. The van der Waals surface area contributed by atoms with Crippen molar-refractivity contribution in [3.63, 3.8) is 0 Å². The summed E-state index contributed by atoms with van der Waals surface area (Å²) in [6, 6.07) is 8.61.